The second kappa shape index (κ2) is 9.52. The fourth-order valence-electron chi connectivity index (χ4n) is 3.91. The summed E-state index contributed by atoms with van der Waals surface area (Å²) in [6, 6.07) is 9.54. The molecular formula is C25H19Cl4NO2. The number of hydrogen-bond donors (Lipinski definition) is 0. The van der Waals surface area contributed by atoms with E-state index in [1.54, 1.807) is 6.07 Å². The van der Waals surface area contributed by atoms with E-state index >= 15 is 0 Å². The van der Waals surface area contributed by atoms with Crippen molar-refractivity contribution in [1.82, 2.24) is 4.98 Å². The first-order valence-electron chi connectivity index (χ1n) is 10.3. The molecule has 1 aromatic heterocycles. The van der Waals surface area contributed by atoms with Gasteiger partial charge in [-0.1, -0.05) is 90.5 Å². The number of rotatable bonds is 6. The van der Waals surface area contributed by atoms with Crippen molar-refractivity contribution >= 4 is 68.9 Å². The van der Waals surface area contributed by atoms with Crippen LogP contribution in [0.5, 0.6) is 0 Å². The number of nitrogens with zero attached hydrogens (tertiary/aromatic N) is 1. The molecule has 1 aliphatic carbocycles. The van der Waals surface area contributed by atoms with Crippen LogP contribution in [0.4, 0.5) is 0 Å². The summed E-state index contributed by atoms with van der Waals surface area (Å²) in [6.07, 6.45) is 8.69. The first kappa shape index (κ1) is 23.3. The number of carbonyl (C=O) groups excluding carboxylic acids is 2. The van der Waals surface area contributed by atoms with Crippen molar-refractivity contribution in [3.05, 3.63) is 85.0 Å². The standard InChI is InChI=1S/C25H19Cl4NO2/c1-2-3-4-5-6-7-13-8-10-15-14(12-13)9-11-16(30-15)17-24(31)18-19(25(17)32)21(27)23(29)22(28)20(18)26/h5-6,8-12,17H,2-4,7H2,1H3/b6-5-. The number of hydrogen-bond acceptors (Lipinski definition) is 3. The Kier molecular flexibility index (Phi) is 6.92. The normalized spacial score (nSPS) is 14.2. The van der Waals surface area contributed by atoms with Gasteiger partial charge in [0.05, 0.1) is 42.4 Å². The molecule has 0 fully saturated rings. The van der Waals surface area contributed by atoms with E-state index < -0.39 is 17.5 Å². The van der Waals surface area contributed by atoms with E-state index in [4.69, 9.17) is 46.4 Å². The molecule has 3 nitrogen and oxygen atoms in total. The molecule has 4 rings (SSSR count). The highest BCUT2D eigenvalue weighted by Crippen LogP contribution is 2.47. The summed E-state index contributed by atoms with van der Waals surface area (Å²) in [5, 5.41) is 0.734. The lowest BCUT2D eigenvalue weighted by Gasteiger charge is -2.09. The number of fused-ring (bicyclic) bond motifs is 2. The van der Waals surface area contributed by atoms with Crippen molar-refractivity contribution in [2.24, 2.45) is 0 Å². The fraction of sp³-hybridized carbons (Fsp3) is 0.240. The van der Waals surface area contributed by atoms with Crippen molar-refractivity contribution in [3.8, 4) is 0 Å². The summed E-state index contributed by atoms with van der Waals surface area (Å²) in [5.41, 5.74) is 2.23. The van der Waals surface area contributed by atoms with Crippen LogP contribution in [0, 0.1) is 0 Å². The summed E-state index contributed by atoms with van der Waals surface area (Å²) >= 11 is 24.7. The quantitative estimate of drug-likeness (QED) is 0.111. The van der Waals surface area contributed by atoms with Gasteiger partial charge in [0.1, 0.15) is 5.92 Å². The van der Waals surface area contributed by atoms with Crippen molar-refractivity contribution in [2.75, 3.05) is 0 Å². The van der Waals surface area contributed by atoms with E-state index in [-0.39, 0.29) is 31.2 Å². The summed E-state index contributed by atoms with van der Waals surface area (Å²) in [4.78, 5) is 30.8. The molecule has 0 amide bonds. The van der Waals surface area contributed by atoms with Crippen LogP contribution in [0.15, 0.2) is 42.5 Å². The van der Waals surface area contributed by atoms with E-state index in [9.17, 15) is 9.59 Å². The number of carbonyl (C=O) groups is 2. The molecule has 0 saturated carbocycles. The first-order chi connectivity index (χ1) is 15.3. The smallest absolute Gasteiger partial charge is 0.182 e. The zero-order valence-corrected chi connectivity index (χ0v) is 20.2. The molecule has 0 radical (unpaired) electrons. The molecule has 32 heavy (non-hydrogen) atoms. The fourth-order valence-corrected chi connectivity index (χ4v) is 4.95. The number of benzene rings is 2. The molecule has 1 heterocycles. The maximum Gasteiger partial charge on any atom is 0.182 e. The number of unbranched alkanes of at least 4 members (excludes halogenated alkanes) is 2. The van der Waals surface area contributed by atoms with E-state index in [0.29, 0.717) is 11.2 Å². The van der Waals surface area contributed by atoms with Gasteiger partial charge >= 0.3 is 0 Å². The molecule has 0 saturated heterocycles. The zero-order valence-electron chi connectivity index (χ0n) is 17.2. The van der Waals surface area contributed by atoms with Crippen LogP contribution < -0.4 is 0 Å². The Hall–Kier alpha value is -1.91. The maximum absolute atomic E-state index is 13.1. The van der Waals surface area contributed by atoms with E-state index in [1.807, 2.05) is 18.2 Å². The summed E-state index contributed by atoms with van der Waals surface area (Å²) in [5.74, 6) is -2.08. The van der Waals surface area contributed by atoms with Crippen LogP contribution in [-0.2, 0) is 6.42 Å². The molecule has 7 heteroatoms. The largest absolute Gasteiger partial charge is 0.293 e. The van der Waals surface area contributed by atoms with Crippen LogP contribution in [-0.4, -0.2) is 16.6 Å². The predicted octanol–water partition coefficient (Wildman–Crippen LogP) is 8.30. The predicted molar refractivity (Wildman–Crippen MR) is 132 cm³/mol. The molecule has 1 aliphatic rings. The van der Waals surface area contributed by atoms with Crippen molar-refractivity contribution in [3.63, 3.8) is 0 Å². The molecule has 0 aliphatic heterocycles. The molecule has 0 atom stereocenters. The Morgan fingerprint density at radius 3 is 2.16 bits per heavy atom. The Balaban J connectivity index is 1.65. The van der Waals surface area contributed by atoms with Crippen LogP contribution in [0.1, 0.15) is 64.1 Å². The van der Waals surface area contributed by atoms with E-state index in [0.717, 1.165) is 18.2 Å². The van der Waals surface area contributed by atoms with E-state index in [1.165, 1.54) is 18.4 Å². The topological polar surface area (TPSA) is 47.0 Å². The third-order valence-electron chi connectivity index (χ3n) is 5.60. The van der Waals surface area contributed by atoms with Gasteiger partial charge in [-0.15, -0.1) is 0 Å². The highest BCUT2D eigenvalue weighted by molar-refractivity contribution is 6.55. The second-order valence-corrected chi connectivity index (χ2v) is 9.26. The number of allylic oxidation sites excluding steroid dienone is 2. The Morgan fingerprint density at radius 2 is 1.53 bits per heavy atom. The number of aromatic nitrogens is 1. The second-order valence-electron chi connectivity index (χ2n) is 7.75. The number of Topliss-reactive ketones (excluding diaryl/α,β-unsaturated/α-hetero) is 2. The van der Waals surface area contributed by atoms with Gasteiger partial charge in [-0.25, -0.2) is 0 Å². The summed E-state index contributed by atoms with van der Waals surface area (Å²) < 4.78 is 0. The van der Waals surface area contributed by atoms with Gasteiger partial charge in [-0.2, -0.15) is 0 Å². The number of ketones is 2. The number of halogens is 4. The molecule has 164 valence electrons. The van der Waals surface area contributed by atoms with E-state index in [2.05, 4.69) is 30.1 Å². The SMILES string of the molecule is CCCC/C=C\Cc1ccc2nc(C3C(=O)c4c(Cl)c(Cl)c(Cl)c(Cl)c4C3=O)ccc2c1. The minimum absolute atomic E-state index is 0.00757. The molecule has 0 N–H and O–H groups in total. The average molecular weight is 507 g/mol. The van der Waals surface area contributed by atoms with Gasteiger partial charge in [0.15, 0.2) is 11.6 Å². The average Bonchev–Trinajstić information content (AvgIpc) is 3.05. The Labute approximate surface area is 206 Å². The molecule has 0 unspecified atom stereocenters. The lowest BCUT2D eigenvalue weighted by molar-refractivity contribution is 0.0888. The molecule has 3 aromatic rings. The minimum atomic E-state index is -1.12. The van der Waals surface area contributed by atoms with Gasteiger partial charge in [0, 0.05) is 5.39 Å². The van der Waals surface area contributed by atoms with Crippen molar-refractivity contribution < 1.29 is 9.59 Å². The van der Waals surface area contributed by atoms with Gasteiger partial charge < -0.3 is 0 Å². The minimum Gasteiger partial charge on any atom is -0.293 e. The van der Waals surface area contributed by atoms with Crippen LogP contribution >= 0.6 is 46.4 Å². The third-order valence-corrected chi connectivity index (χ3v) is 7.40. The zero-order chi connectivity index (χ0) is 23.0. The maximum atomic E-state index is 13.1. The monoisotopic (exact) mass is 505 g/mol. The highest BCUT2D eigenvalue weighted by atomic mass is 35.5. The van der Waals surface area contributed by atoms with Gasteiger partial charge in [0.25, 0.3) is 0 Å². The van der Waals surface area contributed by atoms with Gasteiger partial charge in [-0.05, 0) is 36.6 Å². The molecule has 2 aromatic carbocycles. The van der Waals surface area contributed by atoms with Crippen molar-refractivity contribution in [1.29, 1.82) is 0 Å². The van der Waals surface area contributed by atoms with Crippen LogP contribution in [0.3, 0.4) is 0 Å². The van der Waals surface area contributed by atoms with Crippen LogP contribution in [0.25, 0.3) is 10.9 Å². The van der Waals surface area contributed by atoms with Crippen LogP contribution in [0.2, 0.25) is 20.1 Å². The third kappa shape index (κ3) is 4.08. The summed E-state index contributed by atoms with van der Waals surface area (Å²) in [6.45, 7) is 2.18. The lowest BCUT2D eigenvalue weighted by Crippen LogP contribution is -2.14. The molecular weight excluding hydrogens is 488 g/mol. The van der Waals surface area contributed by atoms with Gasteiger partial charge in [-0.3, -0.25) is 14.6 Å². The van der Waals surface area contributed by atoms with Crippen molar-refractivity contribution in [2.45, 2.75) is 38.5 Å². The summed E-state index contributed by atoms with van der Waals surface area (Å²) in [7, 11) is 0. The van der Waals surface area contributed by atoms with Gasteiger partial charge in [0.2, 0.25) is 0 Å². The number of pyridine rings is 1. The molecule has 0 spiro atoms. The Bertz CT molecular complexity index is 1240. The molecule has 0 bridgehead atoms. The lowest BCUT2D eigenvalue weighted by atomic mass is 9.98. The first-order valence-corrected chi connectivity index (χ1v) is 11.8. The highest BCUT2D eigenvalue weighted by Gasteiger charge is 2.45. The Morgan fingerprint density at radius 1 is 0.875 bits per heavy atom.